The molecule has 1 N–H and O–H groups in total. The molecular weight excluding hydrogens is 342 g/mol. The highest BCUT2D eigenvalue weighted by Gasteiger charge is 2.34. The maximum absolute atomic E-state index is 6.42. The molecule has 2 nitrogen and oxygen atoms in total. The van der Waals surface area contributed by atoms with Gasteiger partial charge in [0.2, 0.25) is 0 Å². The van der Waals surface area contributed by atoms with Gasteiger partial charge >= 0.3 is 0 Å². The standard InChI is InChI=1S/C23H31NO.ClH/c1-2-25-23(21-12-5-3-6-13-21,22-14-7-4-8-15-22)17-19-24-18-16-20-10-9-11-20;/h3-8,12-15,20,24H,2,9-11,16-19H2,1H3;1H. The molecular formula is C23H32ClNO. The van der Waals surface area contributed by atoms with Crippen LogP contribution in [0.5, 0.6) is 0 Å². The second-order valence-corrected chi connectivity index (χ2v) is 7.08. The van der Waals surface area contributed by atoms with Gasteiger partial charge in [-0.3, -0.25) is 0 Å². The first-order chi connectivity index (χ1) is 12.3. The van der Waals surface area contributed by atoms with Crippen LogP contribution in [0.4, 0.5) is 0 Å². The molecule has 2 aromatic carbocycles. The minimum atomic E-state index is -0.374. The molecule has 0 unspecified atom stereocenters. The van der Waals surface area contributed by atoms with Crippen molar-refractivity contribution in [1.29, 1.82) is 0 Å². The predicted molar refractivity (Wildman–Crippen MR) is 112 cm³/mol. The largest absolute Gasteiger partial charge is 0.366 e. The number of hydrogen-bond donors (Lipinski definition) is 1. The monoisotopic (exact) mass is 373 g/mol. The van der Waals surface area contributed by atoms with Crippen LogP contribution in [0.3, 0.4) is 0 Å². The zero-order chi connectivity index (χ0) is 17.4. The van der Waals surface area contributed by atoms with Crippen molar-refractivity contribution in [2.24, 2.45) is 5.92 Å². The fourth-order valence-corrected chi connectivity index (χ4v) is 3.83. The van der Waals surface area contributed by atoms with Crippen molar-refractivity contribution in [2.45, 2.75) is 44.6 Å². The van der Waals surface area contributed by atoms with Crippen LogP contribution in [-0.4, -0.2) is 19.7 Å². The van der Waals surface area contributed by atoms with Crippen molar-refractivity contribution < 1.29 is 4.74 Å². The molecule has 1 aliphatic carbocycles. The molecule has 0 radical (unpaired) electrons. The van der Waals surface area contributed by atoms with E-state index in [1.54, 1.807) is 0 Å². The Morgan fingerprint density at radius 2 is 1.50 bits per heavy atom. The lowest BCUT2D eigenvalue weighted by molar-refractivity contribution is -0.0173. The van der Waals surface area contributed by atoms with E-state index in [2.05, 4.69) is 72.9 Å². The van der Waals surface area contributed by atoms with Crippen LogP contribution >= 0.6 is 12.4 Å². The molecule has 2 aromatic rings. The molecule has 142 valence electrons. The van der Waals surface area contributed by atoms with E-state index in [1.807, 2.05) is 0 Å². The third kappa shape index (κ3) is 5.09. The summed E-state index contributed by atoms with van der Waals surface area (Å²) >= 11 is 0. The lowest BCUT2D eigenvalue weighted by atomic mass is 9.82. The second kappa shape index (κ2) is 10.7. The molecule has 0 saturated heterocycles. The van der Waals surface area contributed by atoms with Crippen molar-refractivity contribution in [3.05, 3.63) is 71.8 Å². The summed E-state index contributed by atoms with van der Waals surface area (Å²) in [7, 11) is 0. The lowest BCUT2D eigenvalue weighted by Crippen LogP contribution is -2.35. The topological polar surface area (TPSA) is 21.3 Å². The Hall–Kier alpha value is -1.35. The highest BCUT2D eigenvalue weighted by Crippen LogP contribution is 2.37. The summed E-state index contributed by atoms with van der Waals surface area (Å²) < 4.78 is 6.42. The number of hydrogen-bond acceptors (Lipinski definition) is 2. The Morgan fingerprint density at radius 1 is 0.923 bits per heavy atom. The third-order valence-electron chi connectivity index (χ3n) is 5.48. The fourth-order valence-electron chi connectivity index (χ4n) is 3.83. The van der Waals surface area contributed by atoms with Crippen LogP contribution in [0.2, 0.25) is 0 Å². The van der Waals surface area contributed by atoms with E-state index in [-0.39, 0.29) is 18.0 Å². The van der Waals surface area contributed by atoms with E-state index in [0.717, 1.165) is 25.4 Å². The average molecular weight is 374 g/mol. The van der Waals surface area contributed by atoms with Gasteiger partial charge in [0, 0.05) is 6.61 Å². The average Bonchev–Trinajstić information content (AvgIpc) is 2.63. The normalized spacial score (nSPS) is 14.5. The van der Waals surface area contributed by atoms with Gasteiger partial charge in [0.05, 0.1) is 0 Å². The zero-order valence-corrected chi connectivity index (χ0v) is 16.6. The van der Waals surface area contributed by atoms with Gasteiger partial charge in [0.15, 0.2) is 0 Å². The first-order valence-corrected chi connectivity index (χ1v) is 9.81. The van der Waals surface area contributed by atoms with E-state index in [9.17, 15) is 0 Å². The number of nitrogens with one attached hydrogen (secondary N) is 1. The molecule has 1 fully saturated rings. The molecule has 0 aromatic heterocycles. The molecule has 0 spiro atoms. The van der Waals surface area contributed by atoms with E-state index in [1.165, 1.54) is 36.8 Å². The summed E-state index contributed by atoms with van der Waals surface area (Å²) in [5, 5.41) is 3.66. The first-order valence-electron chi connectivity index (χ1n) is 9.81. The number of rotatable bonds is 10. The maximum Gasteiger partial charge on any atom is 0.119 e. The highest BCUT2D eigenvalue weighted by molar-refractivity contribution is 5.85. The van der Waals surface area contributed by atoms with Crippen LogP contribution in [0, 0.1) is 5.92 Å². The SMILES string of the molecule is CCOC(CCNCCC1CCC1)(c1ccccc1)c1ccccc1.Cl. The van der Waals surface area contributed by atoms with Crippen molar-refractivity contribution in [2.75, 3.05) is 19.7 Å². The Labute approximate surface area is 164 Å². The molecule has 0 atom stereocenters. The second-order valence-electron chi connectivity index (χ2n) is 7.08. The van der Waals surface area contributed by atoms with Crippen LogP contribution in [-0.2, 0) is 10.3 Å². The minimum absolute atomic E-state index is 0. The summed E-state index contributed by atoms with van der Waals surface area (Å²) in [6, 6.07) is 21.3. The predicted octanol–water partition coefficient (Wildman–Crippen LogP) is 5.56. The molecule has 1 saturated carbocycles. The molecule has 0 bridgehead atoms. The van der Waals surface area contributed by atoms with Gasteiger partial charge in [-0.15, -0.1) is 12.4 Å². The third-order valence-corrected chi connectivity index (χ3v) is 5.48. The van der Waals surface area contributed by atoms with Crippen molar-refractivity contribution in [3.8, 4) is 0 Å². The van der Waals surface area contributed by atoms with E-state index < -0.39 is 0 Å². The van der Waals surface area contributed by atoms with E-state index in [4.69, 9.17) is 4.74 Å². The smallest absolute Gasteiger partial charge is 0.119 e. The van der Waals surface area contributed by atoms with Crippen LogP contribution in [0.25, 0.3) is 0 Å². The molecule has 1 aliphatic rings. The van der Waals surface area contributed by atoms with Gasteiger partial charge in [-0.1, -0.05) is 79.9 Å². The van der Waals surface area contributed by atoms with E-state index >= 15 is 0 Å². The van der Waals surface area contributed by atoms with Crippen LogP contribution in [0.15, 0.2) is 60.7 Å². The van der Waals surface area contributed by atoms with Crippen LogP contribution < -0.4 is 5.32 Å². The Balaban J connectivity index is 0.00000243. The van der Waals surface area contributed by atoms with Gasteiger partial charge in [-0.25, -0.2) is 0 Å². The Bertz CT molecular complexity index is 573. The summed E-state index contributed by atoms with van der Waals surface area (Å²) in [4.78, 5) is 0. The van der Waals surface area contributed by atoms with Gasteiger partial charge < -0.3 is 10.1 Å². The van der Waals surface area contributed by atoms with Crippen LogP contribution in [0.1, 0.15) is 50.2 Å². The van der Waals surface area contributed by atoms with Gasteiger partial charge in [0.25, 0.3) is 0 Å². The van der Waals surface area contributed by atoms with Gasteiger partial charge in [-0.05, 0) is 49.9 Å². The molecule has 26 heavy (non-hydrogen) atoms. The molecule has 0 aliphatic heterocycles. The Kier molecular flexibility index (Phi) is 8.64. The summed E-state index contributed by atoms with van der Waals surface area (Å²) in [6.07, 6.45) is 6.55. The fraction of sp³-hybridized carbons (Fsp3) is 0.478. The summed E-state index contributed by atoms with van der Waals surface area (Å²) in [5.74, 6) is 0.965. The minimum Gasteiger partial charge on any atom is -0.366 e. The molecule has 0 heterocycles. The van der Waals surface area contributed by atoms with Gasteiger partial charge in [0.1, 0.15) is 5.60 Å². The quantitative estimate of drug-likeness (QED) is 0.550. The Morgan fingerprint density at radius 3 is 1.96 bits per heavy atom. The summed E-state index contributed by atoms with van der Waals surface area (Å²) in [5.41, 5.74) is 2.11. The number of halogens is 1. The number of benzene rings is 2. The molecule has 3 rings (SSSR count). The maximum atomic E-state index is 6.42. The lowest BCUT2D eigenvalue weighted by Gasteiger charge is -2.35. The highest BCUT2D eigenvalue weighted by atomic mass is 35.5. The van der Waals surface area contributed by atoms with Gasteiger partial charge in [-0.2, -0.15) is 0 Å². The van der Waals surface area contributed by atoms with Crippen molar-refractivity contribution in [3.63, 3.8) is 0 Å². The van der Waals surface area contributed by atoms with Crippen molar-refractivity contribution in [1.82, 2.24) is 5.32 Å². The first kappa shape index (κ1) is 21.0. The van der Waals surface area contributed by atoms with E-state index in [0.29, 0.717) is 6.61 Å². The molecule has 0 amide bonds. The van der Waals surface area contributed by atoms with Crippen molar-refractivity contribution >= 4 is 12.4 Å². The zero-order valence-electron chi connectivity index (χ0n) is 15.8. The molecule has 3 heteroatoms. The number of ether oxygens (including phenoxy) is 1. The summed E-state index contributed by atoms with van der Waals surface area (Å²) in [6.45, 7) is 4.88.